The molecule has 1 atom stereocenters. The van der Waals surface area contributed by atoms with Crippen LogP contribution in [-0.4, -0.2) is 55.2 Å². The predicted octanol–water partition coefficient (Wildman–Crippen LogP) is 5.02. The van der Waals surface area contributed by atoms with Crippen molar-refractivity contribution < 1.29 is 32.9 Å². The van der Waals surface area contributed by atoms with Gasteiger partial charge in [-0.3, -0.25) is 14.5 Å². The first kappa shape index (κ1) is 29.8. The molecule has 0 bridgehead atoms. The number of halogens is 1. The summed E-state index contributed by atoms with van der Waals surface area (Å²) in [5, 5.41) is 11.2. The van der Waals surface area contributed by atoms with Crippen molar-refractivity contribution in [3.05, 3.63) is 96.3 Å². The Morgan fingerprint density at radius 3 is 2.14 bits per heavy atom. The van der Waals surface area contributed by atoms with Crippen LogP contribution in [0.15, 0.2) is 84.9 Å². The van der Waals surface area contributed by atoms with E-state index in [9.17, 15) is 14.0 Å². The molecule has 5 aromatic rings. The molecule has 0 saturated carbocycles. The molecular formula is C32H30FN5O6. The monoisotopic (exact) mass is 599 g/mol. The van der Waals surface area contributed by atoms with Gasteiger partial charge in [-0.25, -0.2) is 9.07 Å². The molecule has 226 valence electrons. The Kier molecular flexibility index (Phi) is 8.89. The SMILES string of the molecule is COc1ccc(N(C(=O)Cn2nnc3ccccc32)[C@H](C(=O)Nc2ccc(F)cc2)c2cc(OC)c(OC)c(OC)c2)cc1. The van der Waals surface area contributed by atoms with Crippen LogP contribution in [0.2, 0.25) is 0 Å². The highest BCUT2D eigenvalue weighted by Gasteiger charge is 2.35. The number of aromatic nitrogens is 3. The van der Waals surface area contributed by atoms with Crippen LogP contribution in [0.4, 0.5) is 15.8 Å². The Morgan fingerprint density at radius 2 is 1.52 bits per heavy atom. The molecular weight excluding hydrogens is 569 g/mol. The average molecular weight is 600 g/mol. The van der Waals surface area contributed by atoms with Gasteiger partial charge in [0.1, 0.15) is 29.7 Å². The third kappa shape index (κ3) is 6.09. The number of carbonyl (C=O) groups excluding carboxylic acids is 2. The van der Waals surface area contributed by atoms with E-state index in [1.807, 2.05) is 12.1 Å². The number of para-hydroxylation sites is 1. The van der Waals surface area contributed by atoms with Gasteiger partial charge in [-0.1, -0.05) is 17.3 Å². The van der Waals surface area contributed by atoms with E-state index in [0.29, 0.717) is 39.5 Å². The third-order valence-electron chi connectivity index (χ3n) is 6.95. The number of hydrogen-bond acceptors (Lipinski definition) is 8. The summed E-state index contributed by atoms with van der Waals surface area (Å²) in [7, 11) is 5.91. The number of fused-ring (bicyclic) bond motifs is 1. The fraction of sp³-hybridized carbons (Fsp3) is 0.188. The Labute approximate surface area is 252 Å². The number of rotatable bonds is 11. The molecule has 12 heteroatoms. The highest BCUT2D eigenvalue weighted by atomic mass is 19.1. The maximum Gasteiger partial charge on any atom is 0.252 e. The van der Waals surface area contributed by atoms with Crippen LogP contribution >= 0.6 is 0 Å². The van der Waals surface area contributed by atoms with E-state index in [1.54, 1.807) is 48.5 Å². The van der Waals surface area contributed by atoms with Crippen molar-refractivity contribution in [2.75, 3.05) is 38.7 Å². The standard InChI is InChI=1S/C32H30FN5O6/c1-41-24-15-13-23(14-16-24)38(29(39)19-37-26-8-6-5-7-25(26)35-36-37)30(32(40)34-22-11-9-21(33)10-12-22)20-17-27(42-2)31(44-4)28(18-20)43-3/h5-18,30H,19H2,1-4H3,(H,34,40)/t30-/m0/s1. The largest absolute Gasteiger partial charge is 0.497 e. The van der Waals surface area contributed by atoms with Crippen LogP contribution in [0.1, 0.15) is 11.6 Å². The topological polar surface area (TPSA) is 117 Å². The van der Waals surface area contributed by atoms with E-state index in [1.165, 1.54) is 62.3 Å². The summed E-state index contributed by atoms with van der Waals surface area (Å²) in [5.74, 6) is -0.0790. The number of hydrogen-bond donors (Lipinski definition) is 1. The summed E-state index contributed by atoms with van der Waals surface area (Å²) in [4.78, 5) is 29.9. The average Bonchev–Trinajstić information content (AvgIpc) is 3.46. The lowest BCUT2D eigenvalue weighted by molar-refractivity contribution is -0.124. The van der Waals surface area contributed by atoms with Gasteiger partial charge in [-0.15, -0.1) is 5.10 Å². The summed E-state index contributed by atoms with van der Waals surface area (Å²) >= 11 is 0. The lowest BCUT2D eigenvalue weighted by Crippen LogP contribution is -2.43. The number of nitrogens with one attached hydrogen (secondary N) is 1. The van der Waals surface area contributed by atoms with Crippen molar-refractivity contribution in [1.82, 2.24) is 15.0 Å². The molecule has 0 radical (unpaired) electrons. The van der Waals surface area contributed by atoms with Crippen molar-refractivity contribution in [2.45, 2.75) is 12.6 Å². The fourth-order valence-corrected chi connectivity index (χ4v) is 4.84. The predicted molar refractivity (Wildman–Crippen MR) is 162 cm³/mol. The van der Waals surface area contributed by atoms with Crippen LogP contribution < -0.4 is 29.2 Å². The number of amides is 2. The highest BCUT2D eigenvalue weighted by Crippen LogP contribution is 2.42. The molecule has 0 fully saturated rings. The first-order valence-corrected chi connectivity index (χ1v) is 13.5. The zero-order chi connectivity index (χ0) is 31.2. The van der Waals surface area contributed by atoms with Crippen LogP contribution in [0.25, 0.3) is 11.0 Å². The minimum Gasteiger partial charge on any atom is -0.497 e. The van der Waals surface area contributed by atoms with Crippen LogP contribution in [0.5, 0.6) is 23.0 Å². The highest BCUT2D eigenvalue weighted by molar-refractivity contribution is 6.05. The molecule has 0 aliphatic carbocycles. The Bertz CT molecular complexity index is 1750. The van der Waals surface area contributed by atoms with Crippen molar-refractivity contribution >= 4 is 34.2 Å². The van der Waals surface area contributed by atoms with Crippen molar-refractivity contribution in [3.63, 3.8) is 0 Å². The number of benzene rings is 4. The number of methoxy groups -OCH3 is 4. The quantitative estimate of drug-likeness (QED) is 0.225. The summed E-state index contributed by atoms with van der Waals surface area (Å²) < 4.78 is 37.1. The fourth-order valence-electron chi connectivity index (χ4n) is 4.84. The van der Waals surface area contributed by atoms with E-state index in [4.69, 9.17) is 18.9 Å². The van der Waals surface area contributed by atoms with Crippen LogP contribution in [0, 0.1) is 5.82 Å². The van der Waals surface area contributed by atoms with Gasteiger partial charge in [0.05, 0.1) is 34.0 Å². The zero-order valence-corrected chi connectivity index (χ0v) is 24.5. The Balaban J connectivity index is 1.67. The molecule has 0 spiro atoms. The molecule has 1 heterocycles. The van der Waals surface area contributed by atoms with Gasteiger partial charge in [-0.2, -0.15) is 0 Å². The number of ether oxygens (including phenoxy) is 4. The smallest absolute Gasteiger partial charge is 0.252 e. The van der Waals surface area contributed by atoms with Gasteiger partial charge < -0.3 is 24.3 Å². The molecule has 2 amide bonds. The van der Waals surface area contributed by atoms with E-state index in [2.05, 4.69) is 15.6 Å². The summed E-state index contributed by atoms with van der Waals surface area (Å²) in [6.07, 6.45) is 0. The molecule has 0 unspecified atom stereocenters. The van der Waals surface area contributed by atoms with E-state index in [0.717, 1.165) is 0 Å². The van der Waals surface area contributed by atoms with Gasteiger partial charge in [0.15, 0.2) is 11.5 Å². The van der Waals surface area contributed by atoms with Crippen LogP contribution in [-0.2, 0) is 16.1 Å². The number of carbonyl (C=O) groups is 2. The second-order valence-corrected chi connectivity index (χ2v) is 9.55. The van der Waals surface area contributed by atoms with Crippen molar-refractivity contribution in [1.29, 1.82) is 0 Å². The molecule has 0 aliphatic rings. The lowest BCUT2D eigenvalue weighted by Gasteiger charge is -2.32. The Morgan fingerprint density at radius 1 is 0.864 bits per heavy atom. The lowest BCUT2D eigenvalue weighted by atomic mass is 10.0. The Hall–Kier alpha value is -5.65. The summed E-state index contributed by atoms with van der Waals surface area (Å²) in [6, 6.07) is 21.2. The second-order valence-electron chi connectivity index (χ2n) is 9.55. The molecule has 1 aromatic heterocycles. The number of anilines is 2. The third-order valence-corrected chi connectivity index (χ3v) is 6.95. The molecule has 5 rings (SSSR count). The minimum absolute atomic E-state index is 0.239. The summed E-state index contributed by atoms with van der Waals surface area (Å²) in [6.45, 7) is -0.239. The van der Waals surface area contributed by atoms with E-state index in [-0.39, 0.29) is 18.0 Å². The molecule has 1 N–H and O–H groups in total. The maximum atomic E-state index is 14.3. The van der Waals surface area contributed by atoms with Gasteiger partial charge in [0.2, 0.25) is 11.7 Å². The molecule has 0 saturated heterocycles. The first-order chi connectivity index (χ1) is 21.4. The summed E-state index contributed by atoms with van der Waals surface area (Å²) in [5.41, 5.74) is 2.35. The minimum atomic E-state index is -1.27. The zero-order valence-electron chi connectivity index (χ0n) is 24.5. The normalized spacial score (nSPS) is 11.5. The van der Waals surface area contributed by atoms with Gasteiger partial charge >= 0.3 is 0 Å². The molecule has 44 heavy (non-hydrogen) atoms. The maximum absolute atomic E-state index is 14.3. The number of nitrogens with zero attached hydrogens (tertiary/aromatic N) is 4. The van der Waals surface area contributed by atoms with E-state index < -0.39 is 23.7 Å². The first-order valence-electron chi connectivity index (χ1n) is 13.5. The van der Waals surface area contributed by atoms with Gasteiger partial charge in [0.25, 0.3) is 5.91 Å². The van der Waals surface area contributed by atoms with Gasteiger partial charge in [-0.05, 0) is 78.4 Å². The molecule has 11 nitrogen and oxygen atoms in total. The van der Waals surface area contributed by atoms with E-state index >= 15 is 0 Å². The van der Waals surface area contributed by atoms with Crippen molar-refractivity contribution in [3.8, 4) is 23.0 Å². The van der Waals surface area contributed by atoms with Crippen LogP contribution in [0.3, 0.4) is 0 Å². The molecule has 4 aromatic carbocycles. The van der Waals surface area contributed by atoms with Crippen molar-refractivity contribution in [2.24, 2.45) is 0 Å². The second kappa shape index (κ2) is 13.1. The molecule has 0 aliphatic heterocycles. The van der Waals surface area contributed by atoms with Gasteiger partial charge in [0, 0.05) is 11.4 Å².